The molecule has 0 unspecified atom stereocenters. The third-order valence-corrected chi connectivity index (χ3v) is 7.95. The molecule has 28 heavy (non-hydrogen) atoms. The van der Waals surface area contributed by atoms with Crippen molar-refractivity contribution in [2.75, 3.05) is 19.7 Å². The quantitative estimate of drug-likeness (QED) is 0.477. The van der Waals surface area contributed by atoms with Crippen LogP contribution in [0.25, 0.3) is 0 Å². The van der Waals surface area contributed by atoms with Crippen molar-refractivity contribution in [1.29, 1.82) is 0 Å². The van der Waals surface area contributed by atoms with Crippen LogP contribution >= 0.6 is 0 Å². The largest absolute Gasteiger partial charge is 0.462 e. The van der Waals surface area contributed by atoms with Crippen LogP contribution in [0, 0.1) is 29.0 Å². The zero-order valence-electron chi connectivity index (χ0n) is 16.6. The Morgan fingerprint density at radius 2 is 2.04 bits per heavy atom. The van der Waals surface area contributed by atoms with Crippen molar-refractivity contribution in [2.24, 2.45) is 23.2 Å². The van der Waals surface area contributed by atoms with Crippen LogP contribution in [0.4, 0.5) is 4.39 Å². The van der Waals surface area contributed by atoms with Gasteiger partial charge >= 0.3 is 5.97 Å². The molecule has 4 nitrogen and oxygen atoms in total. The summed E-state index contributed by atoms with van der Waals surface area (Å²) in [6, 6.07) is 6.62. The molecule has 0 bridgehead atoms. The van der Waals surface area contributed by atoms with Gasteiger partial charge in [-0.1, -0.05) is 19.1 Å². The highest BCUT2D eigenvalue weighted by molar-refractivity contribution is 5.75. The molecular weight excluding hydrogens is 357 g/mol. The van der Waals surface area contributed by atoms with Crippen molar-refractivity contribution in [3.63, 3.8) is 0 Å². The first-order valence-corrected chi connectivity index (χ1v) is 10.8. The number of fused-ring (bicyclic) bond motifs is 3. The van der Waals surface area contributed by atoms with Gasteiger partial charge in [0.25, 0.3) is 0 Å². The Balaban J connectivity index is 1.20. The first kappa shape index (κ1) is 18.6. The van der Waals surface area contributed by atoms with E-state index >= 15 is 0 Å². The van der Waals surface area contributed by atoms with Crippen LogP contribution in [-0.4, -0.2) is 37.4 Å². The van der Waals surface area contributed by atoms with E-state index in [0.717, 1.165) is 38.0 Å². The van der Waals surface area contributed by atoms with Gasteiger partial charge in [0, 0.05) is 12.5 Å². The summed E-state index contributed by atoms with van der Waals surface area (Å²) in [6.45, 7) is 4.73. The smallest absolute Gasteiger partial charge is 0.310 e. The Morgan fingerprint density at radius 1 is 1.25 bits per heavy atom. The predicted octanol–water partition coefficient (Wildman–Crippen LogP) is 3.48. The van der Waals surface area contributed by atoms with Gasteiger partial charge in [0.2, 0.25) is 0 Å². The molecule has 2 saturated carbocycles. The molecule has 2 saturated heterocycles. The summed E-state index contributed by atoms with van der Waals surface area (Å²) in [7, 11) is 0. The highest BCUT2D eigenvalue weighted by atomic mass is 19.1. The average Bonchev–Trinajstić information content (AvgIpc) is 3.36. The summed E-state index contributed by atoms with van der Waals surface area (Å²) in [6.07, 6.45) is 6.58. The molecule has 4 fully saturated rings. The van der Waals surface area contributed by atoms with Crippen molar-refractivity contribution < 1.29 is 18.7 Å². The topological polar surface area (TPSA) is 50.9 Å². The van der Waals surface area contributed by atoms with Crippen LogP contribution in [0.3, 0.4) is 0 Å². The first-order valence-electron chi connectivity index (χ1n) is 10.8. The fourth-order valence-corrected chi connectivity index (χ4v) is 6.33. The van der Waals surface area contributed by atoms with Crippen LogP contribution in [0.5, 0.6) is 0 Å². The fourth-order valence-electron chi connectivity index (χ4n) is 6.33. The molecule has 1 aromatic rings. The Bertz CT molecular complexity index is 747. The lowest BCUT2D eigenvalue weighted by molar-refractivity contribution is -0.147. The number of hydrogen-bond acceptors (Lipinski definition) is 4. The van der Waals surface area contributed by atoms with Gasteiger partial charge in [-0.15, -0.1) is 0 Å². The van der Waals surface area contributed by atoms with Crippen molar-refractivity contribution in [1.82, 2.24) is 5.32 Å². The Labute approximate surface area is 166 Å². The predicted molar refractivity (Wildman–Crippen MR) is 103 cm³/mol. The number of epoxide rings is 1. The number of nitrogens with one attached hydrogen (secondary N) is 1. The van der Waals surface area contributed by atoms with E-state index < -0.39 is 0 Å². The number of esters is 1. The number of halogens is 1. The fraction of sp³-hybridized carbons (Fsp3) is 0.696. The third kappa shape index (κ3) is 3.17. The second-order valence-electron chi connectivity index (χ2n) is 9.68. The van der Waals surface area contributed by atoms with Crippen molar-refractivity contribution >= 4 is 5.97 Å². The molecule has 1 aromatic carbocycles. The van der Waals surface area contributed by atoms with Crippen molar-refractivity contribution in [2.45, 2.75) is 57.2 Å². The van der Waals surface area contributed by atoms with Gasteiger partial charge in [0.05, 0.1) is 18.1 Å². The second kappa shape index (κ2) is 6.81. The third-order valence-electron chi connectivity index (χ3n) is 7.95. The number of carbonyl (C=O) groups excluding carboxylic acids is 1. The van der Waals surface area contributed by atoms with E-state index in [-0.39, 0.29) is 34.8 Å². The molecule has 0 amide bonds. The van der Waals surface area contributed by atoms with Crippen molar-refractivity contribution in [3.8, 4) is 0 Å². The maximum atomic E-state index is 13.0. The summed E-state index contributed by atoms with van der Waals surface area (Å²) in [5, 5.41) is 3.45. The summed E-state index contributed by atoms with van der Waals surface area (Å²) >= 11 is 0. The van der Waals surface area contributed by atoms with Gasteiger partial charge in [0.15, 0.2) is 0 Å². The monoisotopic (exact) mass is 387 g/mol. The highest BCUT2D eigenvalue weighted by Crippen LogP contribution is 2.62. The lowest BCUT2D eigenvalue weighted by atomic mass is 9.53. The molecule has 0 aromatic heterocycles. The zero-order valence-corrected chi connectivity index (χ0v) is 16.6. The summed E-state index contributed by atoms with van der Waals surface area (Å²) in [5.74, 6) is 0.577. The molecular formula is C23H30FNO3. The SMILES string of the molecule is C[C@]12CCC[C@]3(CO3)[C@@H]1C[C@@H]1[C@@H](C2)OC(=O)[C@@H]1CNCCc1ccc(F)cc1. The van der Waals surface area contributed by atoms with Crippen LogP contribution in [0.15, 0.2) is 24.3 Å². The minimum atomic E-state index is -0.208. The molecule has 2 heterocycles. The molecule has 5 heteroatoms. The Hall–Kier alpha value is -1.46. The van der Waals surface area contributed by atoms with Crippen molar-refractivity contribution in [3.05, 3.63) is 35.6 Å². The molecule has 0 radical (unpaired) electrons. The molecule has 6 atom stereocenters. The highest BCUT2D eigenvalue weighted by Gasteiger charge is 2.64. The van der Waals surface area contributed by atoms with Gasteiger partial charge in [0.1, 0.15) is 11.9 Å². The number of ether oxygens (including phenoxy) is 2. The van der Waals surface area contributed by atoms with Gasteiger partial charge in [-0.3, -0.25) is 4.79 Å². The van der Waals surface area contributed by atoms with E-state index in [2.05, 4.69) is 12.2 Å². The number of benzene rings is 1. The standard InChI is InChI=1S/C23H30FNO3/c1-22-8-2-9-23(14-27-23)20(22)11-17-18(21(26)28-19(17)12-22)13-25-10-7-15-3-5-16(24)6-4-15/h3-6,17-20,25H,2,7-14H2,1H3/t17-,18+,19+,20+,22+,23-/m0/s1. The minimum Gasteiger partial charge on any atom is -0.462 e. The number of carbonyl (C=O) groups is 1. The van der Waals surface area contributed by atoms with E-state index in [4.69, 9.17) is 9.47 Å². The Kier molecular flexibility index (Phi) is 4.51. The maximum absolute atomic E-state index is 13.0. The maximum Gasteiger partial charge on any atom is 0.310 e. The summed E-state index contributed by atoms with van der Waals surface area (Å²) in [4.78, 5) is 12.6. The molecule has 4 aliphatic rings. The van der Waals surface area contributed by atoms with Crippen LogP contribution < -0.4 is 5.32 Å². The Morgan fingerprint density at radius 3 is 2.79 bits per heavy atom. The van der Waals surface area contributed by atoms with Crippen LogP contribution in [0.2, 0.25) is 0 Å². The summed E-state index contributed by atoms with van der Waals surface area (Å²) < 4.78 is 24.8. The molecule has 1 N–H and O–H groups in total. The normalized spacial score (nSPS) is 41.4. The molecule has 152 valence electrons. The first-order chi connectivity index (χ1) is 13.5. The van der Waals surface area contributed by atoms with Gasteiger partial charge in [-0.25, -0.2) is 4.39 Å². The molecule has 5 rings (SSSR count). The van der Waals surface area contributed by atoms with Crippen LogP contribution in [-0.2, 0) is 20.7 Å². The molecule has 2 aliphatic carbocycles. The van der Waals surface area contributed by atoms with Gasteiger partial charge < -0.3 is 14.8 Å². The molecule has 2 aliphatic heterocycles. The summed E-state index contributed by atoms with van der Waals surface area (Å²) in [5.41, 5.74) is 1.45. The number of hydrogen-bond donors (Lipinski definition) is 1. The lowest BCUT2D eigenvalue weighted by Crippen LogP contribution is -2.51. The van der Waals surface area contributed by atoms with Gasteiger partial charge in [-0.2, -0.15) is 0 Å². The lowest BCUT2D eigenvalue weighted by Gasteiger charge is -2.51. The van der Waals surface area contributed by atoms with E-state index in [1.807, 2.05) is 12.1 Å². The van der Waals surface area contributed by atoms with E-state index in [1.54, 1.807) is 0 Å². The minimum absolute atomic E-state index is 0.0303. The molecule has 1 spiro atoms. The van der Waals surface area contributed by atoms with E-state index in [0.29, 0.717) is 18.4 Å². The van der Waals surface area contributed by atoms with Crippen LogP contribution in [0.1, 0.15) is 44.6 Å². The second-order valence-corrected chi connectivity index (χ2v) is 9.68. The average molecular weight is 387 g/mol. The van der Waals surface area contributed by atoms with Gasteiger partial charge in [-0.05, 0) is 74.1 Å². The van der Waals surface area contributed by atoms with E-state index in [9.17, 15) is 9.18 Å². The number of rotatable bonds is 5. The zero-order chi connectivity index (χ0) is 19.4. The van der Waals surface area contributed by atoms with E-state index in [1.165, 1.54) is 31.4 Å².